The van der Waals surface area contributed by atoms with Crippen LogP contribution in [0, 0.1) is 0 Å². The van der Waals surface area contributed by atoms with Crippen molar-refractivity contribution in [3.05, 3.63) is 47.7 Å². The number of benzene rings is 1. The molecule has 152 valence electrons. The second-order valence-corrected chi connectivity index (χ2v) is 8.73. The summed E-state index contributed by atoms with van der Waals surface area (Å²) in [5, 5.41) is 12.3. The van der Waals surface area contributed by atoms with Gasteiger partial charge in [-0.05, 0) is 46.0 Å². The molecule has 0 bridgehead atoms. The van der Waals surface area contributed by atoms with Crippen LogP contribution in [0.1, 0.15) is 30.3 Å². The van der Waals surface area contributed by atoms with E-state index in [1.165, 1.54) is 11.3 Å². The van der Waals surface area contributed by atoms with Crippen LogP contribution in [0.3, 0.4) is 0 Å². The van der Waals surface area contributed by atoms with Gasteiger partial charge in [-0.3, -0.25) is 9.89 Å². The van der Waals surface area contributed by atoms with Gasteiger partial charge in [-0.1, -0.05) is 12.1 Å². The van der Waals surface area contributed by atoms with Gasteiger partial charge in [0.1, 0.15) is 10.7 Å². The van der Waals surface area contributed by atoms with Crippen molar-refractivity contribution in [1.29, 1.82) is 0 Å². The number of nitrogens with zero attached hydrogens (tertiary/aromatic N) is 4. The Morgan fingerprint density at radius 1 is 1.28 bits per heavy atom. The summed E-state index contributed by atoms with van der Waals surface area (Å²) in [6.07, 6.45) is 5.65. The van der Waals surface area contributed by atoms with Crippen molar-refractivity contribution in [2.24, 2.45) is 0 Å². The molecule has 29 heavy (non-hydrogen) atoms. The zero-order chi connectivity index (χ0) is 20.4. The smallest absolute Gasteiger partial charge is 0.275 e. The van der Waals surface area contributed by atoms with Crippen LogP contribution in [0.25, 0.3) is 10.6 Å². The average molecular weight is 411 g/mol. The number of amides is 1. The Kier molecular flexibility index (Phi) is 5.38. The van der Waals surface area contributed by atoms with E-state index in [4.69, 9.17) is 0 Å². The molecule has 0 unspecified atom stereocenters. The fourth-order valence-corrected chi connectivity index (χ4v) is 4.38. The van der Waals surface area contributed by atoms with Crippen molar-refractivity contribution >= 4 is 28.6 Å². The lowest BCUT2D eigenvalue weighted by Gasteiger charge is -2.44. The molecule has 1 aliphatic rings. The highest BCUT2D eigenvalue weighted by atomic mass is 32.1. The van der Waals surface area contributed by atoms with Gasteiger partial charge in [0.25, 0.3) is 5.91 Å². The van der Waals surface area contributed by atoms with Crippen LogP contribution in [-0.2, 0) is 0 Å². The molecule has 1 aliphatic heterocycles. The molecular formula is C21H26N6OS. The van der Waals surface area contributed by atoms with Crippen molar-refractivity contribution < 1.29 is 4.79 Å². The van der Waals surface area contributed by atoms with E-state index in [1.807, 2.05) is 18.2 Å². The first kappa shape index (κ1) is 19.6. The molecule has 0 radical (unpaired) electrons. The largest absolute Gasteiger partial charge is 0.370 e. The van der Waals surface area contributed by atoms with Crippen LogP contribution in [0.15, 0.2) is 42.0 Å². The van der Waals surface area contributed by atoms with Gasteiger partial charge in [0.2, 0.25) is 0 Å². The van der Waals surface area contributed by atoms with Gasteiger partial charge in [0.05, 0.1) is 17.6 Å². The Morgan fingerprint density at radius 3 is 2.72 bits per heavy atom. The van der Waals surface area contributed by atoms with Gasteiger partial charge in [-0.15, -0.1) is 11.3 Å². The number of H-pyrrole nitrogens is 1. The lowest BCUT2D eigenvalue weighted by Crippen LogP contribution is -2.50. The molecule has 1 amide bonds. The molecule has 8 heteroatoms. The monoisotopic (exact) mass is 410 g/mol. The minimum Gasteiger partial charge on any atom is -0.370 e. The SMILES string of the molecule is CN(C)C1(C)CCN(c2ccccc2NC(=O)c2csc(-c3cn[nH]c3)n2)CC1. The number of carbonyl (C=O) groups is 1. The highest BCUT2D eigenvalue weighted by Crippen LogP contribution is 2.33. The van der Waals surface area contributed by atoms with Crippen LogP contribution in [0.2, 0.25) is 0 Å². The summed E-state index contributed by atoms with van der Waals surface area (Å²) in [6.45, 7) is 4.24. The number of rotatable bonds is 5. The Balaban J connectivity index is 1.48. The summed E-state index contributed by atoms with van der Waals surface area (Å²) < 4.78 is 0. The van der Waals surface area contributed by atoms with Gasteiger partial charge in [0, 0.05) is 35.8 Å². The highest BCUT2D eigenvalue weighted by Gasteiger charge is 2.32. The van der Waals surface area contributed by atoms with E-state index in [-0.39, 0.29) is 11.4 Å². The Morgan fingerprint density at radius 2 is 2.03 bits per heavy atom. The number of hydrogen-bond acceptors (Lipinski definition) is 6. The molecule has 2 N–H and O–H groups in total. The van der Waals surface area contributed by atoms with Gasteiger partial charge in [-0.25, -0.2) is 4.98 Å². The number of nitrogens with one attached hydrogen (secondary N) is 2. The van der Waals surface area contributed by atoms with Crippen LogP contribution in [0.4, 0.5) is 11.4 Å². The average Bonchev–Trinajstić information content (AvgIpc) is 3.41. The van der Waals surface area contributed by atoms with E-state index in [0.717, 1.165) is 47.9 Å². The summed E-state index contributed by atoms with van der Waals surface area (Å²) in [4.78, 5) is 21.9. The minimum absolute atomic E-state index is 0.196. The molecule has 0 atom stereocenters. The predicted molar refractivity (Wildman–Crippen MR) is 118 cm³/mol. The molecule has 0 saturated carbocycles. The molecule has 1 fully saturated rings. The topological polar surface area (TPSA) is 77.1 Å². The predicted octanol–water partition coefficient (Wildman–Crippen LogP) is 3.71. The van der Waals surface area contributed by atoms with Crippen molar-refractivity contribution in [3.8, 4) is 10.6 Å². The standard InChI is InChI=1S/C21H26N6OS/c1-21(26(2)3)8-10-27(11-9-21)18-7-5-4-6-16(18)24-19(28)17-14-29-20(25-17)15-12-22-23-13-15/h4-7,12-14H,8-11H2,1-3H3,(H,22,23)(H,24,28). The van der Waals surface area contributed by atoms with Crippen molar-refractivity contribution in [1.82, 2.24) is 20.1 Å². The first-order chi connectivity index (χ1) is 14.0. The minimum atomic E-state index is -0.196. The van der Waals surface area contributed by atoms with Crippen LogP contribution < -0.4 is 10.2 Å². The molecule has 7 nitrogen and oxygen atoms in total. The highest BCUT2D eigenvalue weighted by molar-refractivity contribution is 7.13. The Hall–Kier alpha value is -2.71. The van der Waals surface area contributed by atoms with Crippen LogP contribution in [-0.4, -0.2) is 58.7 Å². The Bertz CT molecular complexity index is 973. The van der Waals surface area contributed by atoms with E-state index in [9.17, 15) is 4.79 Å². The summed E-state index contributed by atoms with van der Waals surface area (Å²) in [7, 11) is 4.30. The summed E-state index contributed by atoms with van der Waals surface area (Å²) in [6, 6.07) is 8.00. The van der Waals surface area contributed by atoms with Crippen molar-refractivity contribution in [2.75, 3.05) is 37.4 Å². The van der Waals surface area contributed by atoms with E-state index in [0.29, 0.717) is 5.69 Å². The van der Waals surface area contributed by atoms with Gasteiger partial charge >= 0.3 is 0 Å². The van der Waals surface area contributed by atoms with E-state index in [1.54, 1.807) is 17.8 Å². The molecule has 1 saturated heterocycles. The molecule has 4 rings (SSSR count). The number of anilines is 2. The van der Waals surface area contributed by atoms with Crippen molar-refractivity contribution in [3.63, 3.8) is 0 Å². The molecule has 1 aromatic carbocycles. The first-order valence-electron chi connectivity index (χ1n) is 9.74. The molecule has 3 aromatic rings. The van der Waals surface area contributed by atoms with Gasteiger partial charge in [0.15, 0.2) is 0 Å². The molecule has 2 aromatic heterocycles. The number of thiazole rings is 1. The van der Waals surface area contributed by atoms with Crippen molar-refractivity contribution in [2.45, 2.75) is 25.3 Å². The second kappa shape index (κ2) is 7.96. The molecule has 0 aliphatic carbocycles. The number of aromatic nitrogens is 3. The van der Waals surface area contributed by atoms with E-state index in [2.05, 4.69) is 57.4 Å². The lowest BCUT2D eigenvalue weighted by atomic mass is 9.88. The number of aromatic amines is 1. The van der Waals surface area contributed by atoms with Crippen LogP contribution >= 0.6 is 11.3 Å². The molecule has 3 heterocycles. The second-order valence-electron chi connectivity index (χ2n) is 7.87. The van der Waals surface area contributed by atoms with Crippen LogP contribution in [0.5, 0.6) is 0 Å². The third kappa shape index (κ3) is 4.04. The fourth-order valence-electron chi connectivity index (χ4n) is 3.60. The number of para-hydroxylation sites is 2. The Labute approximate surface area is 174 Å². The number of carbonyl (C=O) groups excluding carboxylic acids is 1. The maximum atomic E-state index is 12.8. The van der Waals surface area contributed by atoms with Gasteiger partial charge < -0.3 is 15.1 Å². The quantitative estimate of drug-likeness (QED) is 0.671. The zero-order valence-electron chi connectivity index (χ0n) is 17.0. The van der Waals surface area contributed by atoms with Gasteiger partial charge in [-0.2, -0.15) is 5.10 Å². The molecule has 0 spiro atoms. The maximum Gasteiger partial charge on any atom is 0.275 e. The summed E-state index contributed by atoms with van der Waals surface area (Å²) in [5.41, 5.74) is 3.40. The summed E-state index contributed by atoms with van der Waals surface area (Å²) >= 11 is 1.43. The third-order valence-corrected chi connectivity index (χ3v) is 6.79. The first-order valence-corrected chi connectivity index (χ1v) is 10.6. The number of hydrogen-bond donors (Lipinski definition) is 2. The fraction of sp³-hybridized carbons (Fsp3) is 0.381. The number of piperidine rings is 1. The molecular weight excluding hydrogens is 384 g/mol. The maximum absolute atomic E-state index is 12.8. The normalized spacial score (nSPS) is 16.2. The zero-order valence-corrected chi connectivity index (χ0v) is 17.8. The third-order valence-electron chi connectivity index (χ3n) is 5.90. The summed E-state index contributed by atoms with van der Waals surface area (Å²) in [5.74, 6) is -0.196. The lowest BCUT2D eigenvalue weighted by molar-refractivity contribution is 0.102. The van der Waals surface area contributed by atoms with E-state index >= 15 is 0 Å². The van der Waals surface area contributed by atoms with E-state index < -0.39 is 0 Å².